The first-order chi connectivity index (χ1) is 9.17. The molecule has 0 spiro atoms. The highest BCUT2D eigenvalue weighted by atomic mass is 16.1. The molecule has 0 heterocycles. The molecule has 0 aromatic carbocycles. The summed E-state index contributed by atoms with van der Waals surface area (Å²) >= 11 is 0. The second-order valence-electron chi connectivity index (χ2n) is 7.81. The Morgan fingerprint density at radius 2 is 1.95 bits per heavy atom. The van der Waals surface area contributed by atoms with Gasteiger partial charge in [-0.25, -0.2) is 0 Å². The number of carbonyl (C=O) groups is 1. The minimum atomic E-state index is 0.541. The summed E-state index contributed by atoms with van der Waals surface area (Å²) in [6, 6.07) is 0. The predicted molar refractivity (Wildman–Crippen MR) is 76.8 cm³/mol. The molecule has 4 atom stereocenters. The number of hydrogen-bond donors (Lipinski definition) is 0. The number of hydrogen-bond acceptors (Lipinski definition) is 1. The molecular formula is C18H26O. The van der Waals surface area contributed by atoms with Gasteiger partial charge in [0.15, 0.2) is 0 Å². The van der Waals surface area contributed by atoms with E-state index in [1.165, 1.54) is 51.4 Å². The summed E-state index contributed by atoms with van der Waals surface area (Å²) in [5, 5.41) is 0. The molecule has 0 N–H and O–H groups in total. The maximum absolute atomic E-state index is 11.7. The second kappa shape index (κ2) is 4.20. The molecule has 4 aliphatic carbocycles. The van der Waals surface area contributed by atoms with Gasteiger partial charge >= 0.3 is 0 Å². The molecular weight excluding hydrogens is 232 g/mol. The van der Waals surface area contributed by atoms with Crippen LogP contribution in [0.5, 0.6) is 0 Å². The van der Waals surface area contributed by atoms with Gasteiger partial charge in [0.2, 0.25) is 0 Å². The number of Topliss-reactive ketones (excluding diaryl/α,β-unsaturated/α-hetero) is 1. The van der Waals surface area contributed by atoms with Crippen molar-refractivity contribution in [3.63, 3.8) is 0 Å². The average Bonchev–Trinajstić information content (AvgIpc) is 2.79. The number of rotatable bonds is 0. The van der Waals surface area contributed by atoms with Crippen molar-refractivity contribution < 1.29 is 4.79 Å². The van der Waals surface area contributed by atoms with E-state index in [0.29, 0.717) is 11.2 Å². The SMILES string of the molecule is C[C@@]12CCCC1=C1CC[C@H]3CC(=O)CC[C@@H]3[C@H]1CC2. The summed E-state index contributed by atoms with van der Waals surface area (Å²) < 4.78 is 0. The normalized spacial score (nSPS) is 45.7. The molecule has 0 aromatic rings. The van der Waals surface area contributed by atoms with Crippen molar-refractivity contribution in [2.45, 2.75) is 71.1 Å². The number of ketones is 1. The van der Waals surface area contributed by atoms with E-state index < -0.39 is 0 Å². The van der Waals surface area contributed by atoms with Crippen molar-refractivity contribution in [2.24, 2.45) is 23.2 Å². The third kappa shape index (κ3) is 1.76. The second-order valence-corrected chi connectivity index (χ2v) is 7.81. The van der Waals surface area contributed by atoms with E-state index >= 15 is 0 Å². The highest BCUT2D eigenvalue weighted by molar-refractivity contribution is 5.79. The fraction of sp³-hybridized carbons (Fsp3) is 0.833. The van der Waals surface area contributed by atoms with Gasteiger partial charge < -0.3 is 0 Å². The first-order valence-electron chi connectivity index (χ1n) is 8.41. The van der Waals surface area contributed by atoms with Crippen LogP contribution < -0.4 is 0 Å². The lowest BCUT2D eigenvalue weighted by Gasteiger charge is -2.48. The smallest absolute Gasteiger partial charge is 0.133 e. The van der Waals surface area contributed by atoms with Crippen LogP contribution in [-0.2, 0) is 4.79 Å². The van der Waals surface area contributed by atoms with Crippen LogP contribution in [0.3, 0.4) is 0 Å². The first kappa shape index (κ1) is 12.2. The summed E-state index contributed by atoms with van der Waals surface area (Å²) in [6.45, 7) is 2.52. The molecule has 0 amide bonds. The van der Waals surface area contributed by atoms with E-state index in [-0.39, 0.29) is 0 Å². The predicted octanol–water partition coefficient (Wildman–Crippen LogP) is 4.66. The fourth-order valence-electron chi connectivity index (χ4n) is 5.91. The standard InChI is InChI=1S/C18H26O/c1-18-9-2-3-17(18)16-6-4-12-11-13(19)5-7-14(12)15(16)8-10-18/h12,14-15H,2-11H2,1H3/t12-,14-,15+,18-/m0/s1. The Labute approximate surface area is 116 Å². The van der Waals surface area contributed by atoms with Crippen molar-refractivity contribution in [2.75, 3.05) is 0 Å². The van der Waals surface area contributed by atoms with Crippen LogP contribution in [0.25, 0.3) is 0 Å². The Hall–Kier alpha value is -0.590. The lowest BCUT2D eigenvalue weighted by atomic mass is 9.56. The van der Waals surface area contributed by atoms with E-state index in [0.717, 1.165) is 30.6 Å². The van der Waals surface area contributed by atoms with E-state index in [9.17, 15) is 4.79 Å². The Morgan fingerprint density at radius 3 is 2.84 bits per heavy atom. The topological polar surface area (TPSA) is 17.1 Å². The Kier molecular flexibility index (Phi) is 2.69. The van der Waals surface area contributed by atoms with Crippen LogP contribution in [0.1, 0.15) is 71.1 Å². The maximum Gasteiger partial charge on any atom is 0.133 e. The van der Waals surface area contributed by atoms with Gasteiger partial charge in [-0.1, -0.05) is 18.1 Å². The molecule has 0 aliphatic heterocycles. The van der Waals surface area contributed by atoms with Crippen molar-refractivity contribution in [1.29, 1.82) is 0 Å². The summed E-state index contributed by atoms with van der Waals surface area (Å²) in [4.78, 5) is 11.7. The van der Waals surface area contributed by atoms with Gasteiger partial charge in [-0.05, 0) is 74.5 Å². The van der Waals surface area contributed by atoms with E-state index in [4.69, 9.17) is 0 Å². The molecule has 104 valence electrons. The fourth-order valence-corrected chi connectivity index (χ4v) is 5.91. The molecule has 4 rings (SSSR count). The minimum Gasteiger partial charge on any atom is -0.300 e. The van der Waals surface area contributed by atoms with Gasteiger partial charge in [0, 0.05) is 12.8 Å². The highest BCUT2D eigenvalue weighted by Crippen LogP contribution is 2.58. The Morgan fingerprint density at radius 1 is 1.05 bits per heavy atom. The summed E-state index contributed by atoms with van der Waals surface area (Å²) in [6.07, 6.45) is 12.7. The van der Waals surface area contributed by atoms with Gasteiger partial charge in [-0.15, -0.1) is 0 Å². The summed E-state index contributed by atoms with van der Waals surface area (Å²) in [5.41, 5.74) is 4.32. The van der Waals surface area contributed by atoms with Crippen molar-refractivity contribution >= 4 is 5.78 Å². The van der Waals surface area contributed by atoms with E-state index in [1.54, 1.807) is 0 Å². The van der Waals surface area contributed by atoms with Crippen LogP contribution >= 0.6 is 0 Å². The summed E-state index contributed by atoms with van der Waals surface area (Å²) in [7, 11) is 0. The third-order valence-electron chi connectivity index (χ3n) is 6.88. The highest BCUT2D eigenvalue weighted by Gasteiger charge is 2.47. The third-order valence-corrected chi connectivity index (χ3v) is 6.88. The largest absolute Gasteiger partial charge is 0.300 e. The van der Waals surface area contributed by atoms with Gasteiger partial charge in [0.05, 0.1) is 0 Å². The molecule has 0 aromatic heterocycles. The van der Waals surface area contributed by atoms with E-state index in [1.807, 2.05) is 11.1 Å². The number of allylic oxidation sites excluding steroid dienone is 2. The Bertz CT molecular complexity index is 447. The molecule has 4 aliphatic rings. The molecule has 3 saturated carbocycles. The maximum atomic E-state index is 11.7. The van der Waals surface area contributed by atoms with Gasteiger partial charge in [0.25, 0.3) is 0 Å². The minimum absolute atomic E-state index is 0.541. The van der Waals surface area contributed by atoms with E-state index in [2.05, 4.69) is 6.92 Å². The van der Waals surface area contributed by atoms with Gasteiger partial charge in [0.1, 0.15) is 5.78 Å². The van der Waals surface area contributed by atoms with Crippen molar-refractivity contribution in [3.05, 3.63) is 11.1 Å². The monoisotopic (exact) mass is 258 g/mol. The average molecular weight is 258 g/mol. The zero-order valence-electron chi connectivity index (χ0n) is 12.2. The summed E-state index contributed by atoms with van der Waals surface area (Å²) in [5.74, 6) is 3.01. The number of fused-ring (bicyclic) bond motifs is 4. The quantitative estimate of drug-likeness (QED) is 0.577. The Balaban J connectivity index is 1.68. The van der Waals surface area contributed by atoms with Crippen LogP contribution in [0, 0.1) is 23.2 Å². The van der Waals surface area contributed by atoms with Crippen LogP contribution in [0.15, 0.2) is 11.1 Å². The zero-order chi connectivity index (χ0) is 13.0. The lowest BCUT2D eigenvalue weighted by Crippen LogP contribution is -2.39. The van der Waals surface area contributed by atoms with Gasteiger partial charge in [-0.3, -0.25) is 4.79 Å². The van der Waals surface area contributed by atoms with Crippen LogP contribution in [0.2, 0.25) is 0 Å². The van der Waals surface area contributed by atoms with Crippen LogP contribution in [0.4, 0.5) is 0 Å². The molecule has 0 radical (unpaired) electrons. The lowest BCUT2D eigenvalue weighted by molar-refractivity contribution is -0.123. The van der Waals surface area contributed by atoms with Crippen LogP contribution in [-0.4, -0.2) is 5.78 Å². The molecule has 19 heavy (non-hydrogen) atoms. The molecule has 0 bridgehead atoms. The van der Waals surface area contributed by atoms with Gasteiger partial charge in [-0.2, -0.15) is 0 Å². The first-order valence-corrected chi connectivity index (χ1v) is 8.41. The molecule has 0 unspecified atom stereocenters. The molecule has 0 saturated heterocycles. The molecule has 1 heteroatoms. The molecule has 1 nitrogen and oxygen atoms in total. The van der Waals surface area contributed by atoms with Crippen molar-refractivity contribution in [3.8, 4) is 0 Å². The number of carbonyl (C=O) groups excluding carboxylic acids is 1. The molecule has 3 fully saturated rings. The zero-order valence-corrected chi connectivity index (χ0v) is 12.2. The van der Waals surface area contributed by atoms with Crippen molar-refractivity contribution in [1.82, 2.24) is 0 Å².